The number of amides is 1. The highest BCUT2D eigenvalue weighted by molar-refractivity contribution is 6.37. The predicted molar refractivity (Wildman–Crippen MR) is 132 cm³/mol. The molecular weight excluding hydrogens is 474 g/mol. The van der Waals surface area contributed by atoms with Crippen molar-refractivity contribution in [1.82, 2.24) is 15.0 Å². The van der Waals surface area contributed by atoms with Crippen LogP contribution in [0.2, 0.25) is 5.02 Å². The van der Waals surface area contributed by atoms with E-state index < -0.39 is 30.3 Å². The molecule has 2 heterocycles. The Bertz CT molecular complexity index is 1340. The van der Waals surface area contributed by atoms with Crippen LogP contribution in [0.15, 0.2) is 27.5 Å². The number of aliphatic hydroxyl groups excluding tert-OH is 1. The number of carbonyl (C=O) groups is 2. The molecule has 0 radical (unpaired) electrons. The van der Waals surface area contributed by atoms with Crippen LogP contribution in [0, 0.1) is 12.8 Å². The van der Waals surface area contributed by atoms with E-state index in [4.69, 9.17) is 20.9 Å². The summed E-state index contributed by atoms with van der Waals surface area (Å²) in [7, 11) is 0. The third kappa shape index (κ3) is 4.92. The van der Waals surface area contributed by atoms with Crippen LogP contribution < -0.4 is 10.9 Å². The van der Waals surface area contributed by atoms with Crippen LogP contribution in [0.1, 0.15) is 58.3 Å². The van der Waals surface area contributed by atoms with Crippen molar-refractivity contribution in [2.75, 3.05) is 6.61 Å². The van der Waals surface area contributed by atoms with Gasteiger partial charge in [0.1, 0.15) is 28.3 Å². The highest BCUT2D eigenvalue weighted by atomic mass is 35.5. The number of ether oxygens (including phenoxy) is 1. The van der Waals surface area contributed by atoms with Crippen LogP contribution in [0.25, 0.3) is 21.8 Å². The van der Waals surface area contributed by atoms with Gasteiger partial charge in [0.2, 0.25) is 0 Å². The second-order valence-corrected chi connectivity index (χ2v) is 10.5. The lowest BCUT2D eigenvalue weighted by Gasteiger charge is -2.32. The number of carbonyl (C=O) groups excluding carboxylic acids is 2. The maximum atomic E-state index is 13.6. The molecular formula is C25H30ClN3O6. The molecule has 10 heteroatoms. The smallest absolute Gasteiger partial charge is 0.408 e. The first-order valence-corrected chi connectivity index (χ1v) is 12.1. The highest BCUT2D eigenvalue weighted by Gasteiger charge is 2.35. The molecule has 0 spiro atoms. The fourth-order valence-electron chi connectivity index (χ4n) is 4.93. The van der Waals surface area contributed by atoms with Gasteiger partial charge in [-0.3, -0.25) is 9.59 Å². The van der Waals surface area contributed by atoms with E-state index in [9.17, 15) is 19.5 Å². The number of aryl methyl sites for hydroxylation is 1. The fourth-order valence-corrected chi connectivity index (χ4v) is 5.19. The Hall–Kier alpha value is -2.91. The lowest BCUT2D eigenvalue weighted by molar-refractivity contribution is -0.127. The van der Waals surface area contributed by atoms with Gasteiger partial charge >= 0.3 is 6.09 Å². The Morgan fingerprint density at radius 2 is 2.06 bits per heavy atom. The average molecular weight is 504 g/mol. The quantitative estimate of drug-likeness (QED) is 0.532. The Balaban J connectivity index is 1.67. The second-order valence-electron chi connectivity index (χ2n) is 10.1. The first-order chi connectivity index (χ1) is 16.5. The summed E-state index contributed by atoms with van der Waals surface area (Å²) in [5.41, 5.74) is 0.0875. The Morgan fingerprint density at radius 1 is 1.31 bits per heavy atom. The summed E-state index contributed by atoms with van der Waals surface area (Å²) in [6.45, 7) is 6.30. The summed E-state index contributed by atoms with van der Waals surface area (Å²) in [5, 5.41) is 17.8. The first-order valence-electron chi connectivity index (χ1n) is 11.7. The van der Waals surface area contributed by atoms with Crippen molar-refractivity contribution < 1.29 is 24.0 Å². The van der Waals surface area contributed by atoms with Gasteiger partial charge in [0, 0.05) is 17.3 Å². The van der Waals surface area contributed by atoms with E-state index in [0.717, 1.165) is 0 Å². The van der Waals surface area contributed by atoms with Crippen LogP contribution in [0.5, 0.6) is 0 Å². The third-order valence-corrected chi connectivity index (χ3v) is 6.73. The van der Waals surface area contributed by atoms with Crippen LogP contribution in [0.4, 0.5) is 4.79 Å². The largest absolute Gasteiger partial charge is 0.444 e. The number of benzene rings is 1. The zero-order chi connectivity index (χ0) is 25.5. The van der Waals surface area contributed by atoms with Crippen LogP contribution in [0.3, 0.4) is 0 Å². The van der Waals surface area contributed by atoms with E-state index in [1.54, 1.807) is 44.4 Å². The van der Waals surface area contributed by atoms with E-state index in [1.165, 1.54) is 0 Å². The maximum absolute atomic E-state index is 13.6. The molecule has 1 amide bonds. The monoisotopic (exact) mass is 503 g/mol. The molecule has 2 N–H and O–H groups in total. The minimum absolute atomic E-state index is 0.239. The number of halogens is 1. The number of aromatic nitrogens is 2. The molecule has 2 aromatic heterocycles. The summed E-state index contributed by atoms with van der Waals surface area (Å²) in [6.07, 6.45) is 1.64. The summed E-state index contributed by atoms with van der Waals surface area (Å²) in [5.74, 6) is -0.312. The van der Waals surface area contributed by atoms with Gasteiger partial charge < -0.3 is 24.3 Å². The lowest BCUT2D eigenvalue weighted by Crippen LogP contribution is -2.48. The van der Waals surface area contributed by atoms with Crippen LogP contribution in [-0.2, 0) is 9.53 Å². The number of hydrogen-bond acceptors (Lipinski definition) is 7. The molecule has 3 unspecified atom stereocenters. The van der Waals surface area contributed by atoms with Crippen molar-refractivity contribution in [3.05, 3.63) is 39.3 Å². The van der Waals surface area contributed by atoms with Gasteiger partial charge in [0.25, 0.3) is 5.56 Å². The highest BCUT2D eigenvalue weighted by Crippen LogP contribution is 2.37. The van der Waals surface area contributed by atoms with Crippen molar-refractivity contribution >= 4 is 45.3 Å². The maximum Gasteiger partial charge on any atom is 0.408 e. The Labute approximate surface area is 207 Å². The van der Waals surface area contributed by atoms with Gasteiger partial charge in [-0.1, -0.05) is 29.2 Å². The topological polar surface area (TPSA) is 124 Å². The zero-order valence-corrected chi connectivity index (χ0v) is 21.0. The molecule has 0 aliphatic heterocycles. The normalized spacial score (nSPS) is 19.6. The van der Waals surface area contributed by atoms with Crippen molar-refractivity contribution in [3.63, 3.8) is 0 Å². The van der Waals surface area contributed by atoms with Crippen molar-refractivity contribution in [2.45, 2.75) is 71.1 Å². The van der Waals surface area contributed by atoms with Crippen molar-refractivity contribution in [2.24, 2.45) is 5.92 Å². The predicted octanol–water partition coefficient (Wildman–Crippen LogP) is 4.29. The molecule has 3 aromatic rings. The Morgan fingerprint density at radius 3 is 2.74 bits per heavy atom. The van der Waals surface area contributed by atoms with Gasteiger partial charge in [-0.05, 0) is 59.1 Å². The first kappa shape index (κ1) is 25.2. The molecule has 1 aromatic carbocycles. The molecule has 0 saturated heterocycles. The van der Waals surface area contributed by atoms with Crippen LogP contribution in [-0.4, -0.2) is 45.0 Å². The van der Waals surface area contributed by atoms with E-state index in [1.807, 2.05) is 6.07 Å². The number of aliphatic hydroxyl groups is 1. The number of alkyl carbamates (subject to hydrolysis) is 1. The van der Waals surface area contributed by atoms with E-state index in [2.05, 4.69) is 10.5 Å². The number of Topliss-reactive ketones (excluding diaryl/α,β-unsaturated/α-hetero) is 1. The summed E-state index contributed by atoms with van der Waals surface area (Å²) in [4.78, 5) is 39.1. The molecule has 1 aliphatic rings. The number of ketones is 1. The molecule has 1 saturated carbocycles. The molecule has 35 heavy (non-hydrogen) atoms. The standard InChI is InChI=1S/C25H30ClN3O6/c1-13-19-21(28-35-13)20-16(26)9-6-10-18(20)29(23(19)32)15-8-5-7-14(11-15)22(31)17(12-30)27-24(33)34-25(2,3)4/h6,9-10,14-15,17,30H,5,7-8,11-12H2,1-4H3,(H,27,33). The van der Waals surface area contributed by atoms with Gasteiger partial charge in [-0.15, -0.1) is 0 Å². The molecule has 0 bridgehead atoms. The SMILES string of the molecule is Cc1onc2c1c(=O)n(C1CCCC(C(=O)C(CO)NC(=O)OC(C)(C)C)C1)c1cccc(Cl)c21. The third-order valence-electron chi connectivity index (χ3n) is 6.41. The molecule has 9 nitrogen and oxygen atoms in total. The fraction of sp³-hybridized carbons (Fsp3) is 0.520. The zero-order valence-electron chi connectivity index (χ0n) is 20.3. The van der Waals surface area contributed by atoms with Crippen molar-refractivity contribution in [1.29, 1.82) is 0 Å². The minimum atomic E-state index is -1.08. The molecule has 3 atom stereocenters. The lowest BCUT2D eigenvalue weighted by atomic mass is 9.81. The summed E-state index contributed by atoms with van der Waals surface area (Å²) in [6, 6.07) is 3.98. The number of pyridine rings is 1. The molecule has 188 valence electrons. The number of fused-ring (bicyclic) bond motifs is 3. The number of nitrogens with zero attached hydrogens (tertiary/aromatic N) is 2. The van der Waals surface area contributed by atoms with E-state index in [0.29, 0.717) is 58.3 Å². The van der Waals surface area contributed by atoms with E-state index in [-0.39, 0.29) is 17.4 Å². The molecule has 4 rings (SSSR count). The second kappa shape index (κ2) is 9.62. The summed E-state index contributed by atoms with van der Waals surface area (Å²) >= 11 is 6.51. The Kier molecular flexibility index (Phi) is 6.92. The van der Waals surface area contributed by atoms with Gasteiger partial charge in [0.05, 0.1) is 17.1 Å². The number of nitrogens with one attached hydrogen (secondary N) is 1. The molecule has 1 aliphatic carbocycles. The van der Waals surface area contributed by atoms with E-state index >= 15 is 0 Å². The van der Waals surface area contributed by atoms with Crippen LogP contribution >= 0.6 is 11.6 Å². The summed E-state index contributed by atoms with van der Waals surface area (Å²) < 4.78 is 12.3. The van der Waals surface area contributed by atoms with Gasteiger partial charge in [-0.25, -0.2) is 4.79 Å². The van der Waals surface area contributed by atoms with Gasteiger partial charge in [-0.2, -0.15) is 0 Å². The van der Waals surface area contributed by atoms with Crippen molar-refractivity contribution in [3.8, 4) is 0 Å². The van der Waals surface area contributed by atoms with Gasteiger partial charge in [0.15, 0.2) is 5.78 Å². The molecule has 1 fully saturated rings. The average Bonchev–Trinajstić information content (AvgIpc) is 3.18. The minimum Gasteiger partial charge on any atom is -0.444 e. The number of hydrogen-bond donors (Lipinski definition) is 2. The number of rotatable bonds is 5.